The van der Waals surface area contributed by atoms with Gasteiger partial charge in [-0.25, -0.2) is 8.42 Å². The number of amides is 1. The minimum atomic E-state index is -3.87. The van der Waals surface area contributed by atoms with Crippen molar-refractivity contribution in [3.05, 3.63) is 42.0 Å². The number of ether oxygens (including phenoxy) is 4. The number of hydrogen-bond donors (Lipinski definition) is 1. The normalized spacial score (nSPS) is 16.1. The second kappa shape index (κ2) is 10.7. The minimum absolute atomic E-state index is 0.109. The van der Waals surface area contributed by atoms with Crippen LogP contribution in [0.3, 0.4) is 0 Å². The van der Waals surface area contributed by atoms with E-state index in [1.165, 1.54) is 45.6 Å². The number of anilines is 1. The molecule has 1 unspecified atom stereocenters. The molecule has 2 aromatic rings. The van der Waals surface area contributed by atoms with Crippen LogP contribution in [0.25, 0.3) is 0 Å². The zero-order chi connectivity index (χ0) is 24.9. The van der Waals surface area contributed by atoms with Gasteiger partial charge in [-0.2, -0.15) is 4.31 Å². The van der Waals surface area contributed by atoms with Crippen LogP contribution in [0.1, 0.15) is 18.4 Å². The number of benzene rings is 2. The second-order valence-corrected chi connectivity index (χ2v) is 9.55. The van der Waals surface area contributed by atoms with Gasteiger partial charge in [-0.1, -0.05) is 17.7 Å². The Kier molecular flexibility index (Phi) is 8.00. The highest BCUT2D eigenvalue weighted by atomic mass is 32.2. The highest BCUT2D eigenvalue weighted by Gasteiger charge is 2.40. The van der Waals surface area contributed by atoms with Crippen molar-refractivity contribution in [2.45, 2.75) is 30.7 Å². The maximum atomic E-state index is 13.0. The molecule has 1 heterocycles. The van der Waals surface area contributed by atoms with Crippen LogP contribution in [0.4, 0.5) is 5.69 Å². The maximum Gasteiger partial charge on any atom is 0.324 e. The largest absolute Gasteiger partial charge is 0.493 e. The predicted octanol–water partition coefficient (Wildman–Crippen LogP) is 2.36. The lowest BCUT2D eigenvalue weighted by Crippen LogP contribution is -2.42. The van der Waals surface area contributed by atoms with Crippen molar-refractivity contribution in [3.8, 4) is 17.2 Å². The Hall–Kier alpha value is -3.31. The molecule has 3 rings (SSSR count). The van der Waals surface area contributed by atoms with Gasteiger partial charge in [0.15, 0.2) is 18.1 Å². The summed E-state index contributed by atoms with van der Waals surface area (Å²) in [5.41, 5.74) is 1.27. The molecular formula is C23H28N2O8S. The Bertz CT molecular complexity index is 1120. The van der Waals surface area contributed by atoms with E-state index in [2.05, 4.69) is 5.32 Å². The Labute approximate surface area is 198 Å². The molecule has 1 fully saturated rings. The van der Waals surface area contributed by atoms with E-state index >= 15 is 0 Å². The van der Waals surface area contributed by atoms with E-state index in [0.29, 0.717) is 35.8 Å². The molecule has 34 heavy (non-hydrogen) atoms. The molecule has 1 aliphatic heterocycles. The van der Waals surface area contributed by atoms with E-state index in [1.54, 1.807) is 12.1 Å². The summed E-state index contributed by atoms with van der Waals surface area (Å²) in [6, 6.07) is 8.50. The number of sulfonamides is 1. The van der Waals surface area contributed by atoms with Crippen molar-refractivity contribution >= 4 is 27.6 Å². The molecule has 0 bridgehead atoms. The zero-order valence-electron chi connectivity index (χ0n) is 19.5. The van der Waals surface area contributed by atoms with Gasteiger partial charge in [0.1, 0.15) is 6.04 Å². The fraction of sp³-hybridized carbons (Fsp3) is 0.391. The van der Waals surface area contributed by atoms with E-state index in [9.17, 15) is 18.0 Å². The SMILES string of the molecule is COc1cc(NC(=O)COC(=O)C2CCCN2S(=O)(=O)c2ccc(C)cc2)cc(OC)c1OC. The quantitative estimate of drug-likeness (QED) is 0.530. The van der Waals surface area contributed by atoms with Gasteiger partial charge in [0.05, 0.1) is 26.2 Å². The second-order valence-electron chi connectivity index (χ2n) is 7.66. The lowest BCUT2D eigenvalue weighted by atomic mass is 10.2. The molecule has 0 saturated carbocycles. The topological polar surface area (TPSA) is 120 Å². The van der Waals surface area contributed by atoms with Crippen LogP contribution in [0, 0.1) is 6.92 Å². The number of carbonyl (C=O) groups is 2. The number of methoxy groups -OCH3 is 3. The van der Waals surface area contributed by atoms with Gasteiger partial charge >= 0.3 is 5.97 Å². The van der Waals surface area contributed by atoms with Crippen molar-refractivity contribution in [1.29, 1.82) is 0 Å². The molecule has 1 atom stereocenters. The van der Waals surface area contributed by atoms with Crippen LogP contribution in [0.15, 0.2) is 41.3 Å². The van der Waals surface area contributed by atoms with Crippen LogP contribution < -0.4 is 19.5 Å². The summed E-state index contributed by atoms with van der Waals surface area (Å²) in [4.78, 5) is 25.2. The summed E-state index contributed by atoms with van der Waals surface area (Å²) in [5, 5.41) is 2.60. The third-order valence-electron chi connectivity index (χ3n) is 5.40. The van der Waals surface area contributed by atoms with E-state index < -0.39 is 34.5 Å². The molecule has 1 saturated heterocycles. The summed E-state index contributed by atoms with van der Waals surface area (Å²) >= 11 is 0. The van der Waals surface area contributed by atoms with Crippen molar-refractivity contribution in [3.63, 3.8) is 0 Å². The van der Waals surface area contributed by atoms with Gasteiger partial charge in [-0.05, 0) is 31.9 Å². The highest BCUT2D eigenvalue weighted by Crippen LogP contribution is 2.39. The number of rotatable bonds is 9. The minimum Gasteiger partial charge on any atom is -0.493 e. The molecule has 184 valence electrons. The maximum absolute atomic E-state index is 13.0. The van der Waals surface area contributed by atoms with Crippen LogP contribution >= 0.6 is 0 Å². The van der Waals surface area contributed by atoms with Crippen LogP contribution in [-0.4, -0.2) is 65.1 Å². The van der Waals surface area contributed by atoms with Crippen molar-refractivity contribution in [2.24, 2.45) is 0 Å². The first kappa shape index (κ1) is 25.3. The summed E-state index contributed by atoms with van der Waals surface area (Å²) < 4.78 is 48.1. The number of carbonyl (C=O) groups excluding carboxylic acids is 2. The summed E-state index contributed by atoms with van der Waals surface area (Å²) in [7, 11) is 0.489. The predicted molar refractivity (Wildman–Crippen MR) is 124 cm³/mol. The monoisotopic (exact) mass is 492 g/mol. The third kappa shape index (κ3) is 5.42. The lowest BCUT2D eigenvalue weighted by molar-refractivity contribution is -0.150. The molecule has 1 N–H and O–H groups in total. The average molecular weight is 493 g/mol. The first-order valence-electron chi connectivity index (χ1n) is 10.6. The zero-order valence-corrected chi connectivity index (χ0v) is 20.3. The standard InChI is InChI=1S/C23H28N2O8S/c1-15-7-9-17(10-8-15)34(28,29)25-11-5-6-18(25)23(27)33-14-21(26)24-16-12-19(30-2)22(32-4)20(13-16)31-3/h7-10,12-13,18H,5-6,11,14H2,1-4H3,(H,24,26). The van der Waals surface area contributed by atoms with E-state index in [4.69, 9.17) is 18.9 Å². The lowest BCUT2D eigenvalue weighted by Gasteiger charge is -2.22. The molecule has 0 aromatic heterocycles. The first-order chi connectivity index (χ1) is 16.2. The van der Waals surface area contributed by atoms with Gasteiger partial charge in [0.25, 0.3) is 5.91 Å². The Morgan fingerprint density at radius 2 is 1.65 bits per heavy atom. The Morgan fingerprint density at radius 3 is 2.21 bits per heavy atom. The van der Waals surface area contributed by atoms with E-state index in [1.807, 2.05) is 6.92 Å². The summed E-state index contributed by atoms with van der Waals surface area (Å²) in [5.74, 6) is -0.318. The van der Waals surface area contributed by atoms with Crippen molar-refractivity contribution in [2.75, 3.05) is 39.8 Å². The molecule has 1 aliphatic rings. The molecule has 2 aromatic carbocycles. The van der Waals surface area contributed by atoms with Gasteiger partial charge in [0, 0.05) is 24.4 Å². The number of aryl methyl sites for hydroxylation is 1. The third-order valence-corrected chi connectivity index (χ3v) is 7.32. The number of hydrogen-bond acceptors (Lipinski definition) is 8. The van der Waals surface area contributed by atoms with Crippen molar-refractivity contribution < 1.29 is 37.0 Å². The van der Waals surface area contributed by atoms with E-state index in [-0.39, 0.29) is 11.4 Å². The fourth-order valence-electron chi connectivity index (χ4n) is 3.69. The van der Waals surface area contributed by atoms with Gasteiger partial charge in [0.2, 0.25) is 15.8 Å². The van der Waals surface area contributed by atoms with Crippen LogP contribution in [-0.2, 0) is 24.3 Å². The fourth-order valence-corrected chi connectivity index (χ4v) is 5.34. The number of esters is 1. The van der Waals surface area contributed by atoms with Crippen LogP contribution in [0.2, 0.25) is 0 Å². The molecule has 0 aliphatic carbocycles. The van der Waals surface area contributed by atoms with E-state index in [0.717, 1.165) is 9.87 Å². The van der Waals surface area contributed by atoms with Gasteiger partial charge in [-0.3, -0.25) is 9.59 Å². The molecule has 1 amide bonds. The van der Waals surface area contributed by atoms with Gasteiger partial charge < -0.3 is 24.3 Å². The molecular weight excluding hydrogens is 464 g/mol. The molecule has 11 heteroatoms. The number of nitrogens with zero attached hydrogens (tertiary/aromatic N) is 1. The summed E-state index contributed by atoms with van der Waals surface area (Å²) in [6.45, 7) is 1.48. The van der Waals surface area contributed by atoms with Gasteiger partial charge in [-0.15, -0.1) is 0 Å². The Morgan fingerprint density at radius 1 is 1.03 bits per heavy atom. The highest BCUT2D eigenvalue weighted by molar-refractivity contribution is 7.89. The summed E-state index contributed by atoms with van der Waals surface area (Å²) in [6.07, 6.45) is 0.834. The molecule has 10 nitrogen and oxygen atoms in total. The van der Waals surface area contributed by atoms with Crippen LogP contribution in [0.5, 0.6) is 17.2 Å². The Balaban J connectivity index is 1.65. The number of nitrogens with one attached hydrogen (secondary N) is 1. The average Bonchev–Trinajstić information content (AvgIpc) is 3.33. The molecule has 0 radical (unpaired) electrons. The van der Waals surface area contributed by atoms with Crippen molar-refractivity contribution in [1.82, 2.24) is 4.31 Å². The first-order valence-corrected chi connectivity index (χ1v) is 12.0. The molecule has 0 spiro atoms. The smallest absolute Gasteiger partial charge is 0.324 e.